The van der Waals surface area contributed by atoms with Crippen molar-refractivity contribution in [1.29, 1.82) is 0 Å². The zero-order valence-corrected chi connectivity index (χ0v) is 10.2. The second kappa shape index (κ2) is 5.41. The van der Waals surface area contributed by atoms with Crippen LogP contribution in [0.4, 0.5) is 0 Å². The van der Waals surface area contributed by atoms with Gasteiger partial charge in [0.15, 0.2) is 0 Å². The molecule has 4 heteroatoms. The van der Waals surface area contributed by atoms with Gasteiger partial charge in [0.2, 0.25) is 0 Å². The van der Waals surface area contributed by atoms with E-state index in [2.05, 4.69) is 35.2 Å². The van der Waals surface area contributed by atoms with Crippen LogP contribution in [0.5, 0.6) is 0 Å². The summed E-state index contributed by atoms with van der Waals surface area (Å²) in [5.41, 5.74) is 3.79. The van der Waals surface area contributed by atoms with Crippen molar-refractivity contribution in [1.82, 2.24) is 15.1 Å². The number of rotatable bonds is 5. The zero-order chi connectivity index (χ0) is 10.6. The highest BCUT2D eigenvalue weighted by atomic mass is 32.2. The van der Waals surface area contributed by atoms with Gasteiger partial charge in [0.1, 0.15) is 0 Å². The topological polar surface area (TPSA) is 29.9 Å². The van der Waals surface area contributed by atoms with Gasteiger partial charge in [0.25, 0.3) is 0 Å². The maximum atomic E-state index is 4.53. The van der Waals surface area contributed by atoms with Crippen LogP contribution in [0.2, 0.25) is 0 Å². The lowest BCUT2D eigenvalue weighted by Gasteiger charge is -2.03. The van der Waals surface area contributed by atoms with E-state index in [1.807, 2.05) is 18.8 Å². The van der Waals surface area contributed by atoms with Crippen LogP contribution in [0.1, 0.15) is 17.0 Å². The fourth-order valence-corrected chi connectivity index (χ4v) is 1.92. The molecule has 0 aromatic carbocycles. The standard InChI is InChI=1S/C10H19N3S/c1-8-10(7-11-3)9(2)13(12-8)5-6-14-4/h11H,5-7H2,1-4H3. The average Bonchev–Trinajstić information content (AvgIpc) is 2.43. The first-order valence-electron chi connectivity index (χ1n) is 4.87. The molecular weight excluding hydrogens is 194 g/mol. The molecule has 0 aliphatic heterocycles. The monoisotopic (exact) mass is 213 g/mol. The smallest absolute Gasteiger partial charge is 0.0641 e. The van der Waals surface area contributed by atoms with Crippen molar-refractivity contribution in [3.63, 3.8) is 0 Å². The van der Waals surface area contributed by atoms with E-state index in [4.69, 9.17) is 0 Å². The van der Waals surface area contributed by atoms with Gasteiger partial charge in [-0.15, -0.1) is 0 Å². The lowest BCUT2D eigenvalue weighted by molar-refractivity contribution is 0.639. The molecule has 1 rings (SSSR count). The molecule has 1 N–H and O–H groups in total. The molecule has 1 heterocycles. The maximum absolute atomic E-state index is 4.53. The molecule has 0 saturated carbocycles. The van der Waals surface area contributed by atoms with Crippen LogP contribution in [0.25, 0.3) is 0 Å². The van der Waals surface area contributed by atoms with Crippen LogP contribution >= 0.6 is 11.8 Å². The van der Waals surface area contributed by atoms with Crippen molar-refractivity contribution in [2.24, 2.45) is 0 Å². The number of aromatic nitrogens is 2. The Kier molecular flexibility index (Phi) is 4.48. The summed E-state index contributed by atoms with van der Waals surface area (Å²) in [6.45, 7) is 6.15. The second-order valence-electron chi connectivity index (χ2n) is 3.40. The summed E-state index contributed by atoms with van der Waals surface area (Å²) in [5.74, 6) is 1.13. The van der Waals surface area contributed by atoms with Gasteiger partial charge >= 0.3 is 0 Å². The number of hydrogen-bond donors (Lipinski definition) is 1. The molecule has 0 unspecified atom stereocenters. The van der Waals surface area contributed by atoms with E-state index in [0.29, 0.717) is 0 Å². The Balaban J connectivity index is 2.81. The molecule has 0 saturated heterocycles. The molecule has 0 aliphatic rings. The largest absolute Gasteiger partial charge is 0.316 e. The van der Waals surface area contributed by atoms with Crippen LogP contribution in [0, 0.1) is 13.8 Å². The van der Waals surface area contributed by atoms with Gasteiger partial charge in [-0.2, -0.15) is 16.9 Å². The molecule has 14 heavy (non-hydrogen) atoms. The van der Waals surface area contributed by atoms with Crippen LogP contribution in [-0.2, 0) is 13.1 Å². The molecule has 3 nitrogen and oxygen atoms in total. The van der Waals surface area contributed by atoms with Crippen LogP contribution in [0.15, 0.2) is 0 Å². The molecule has 0 fully saturated rings. The highest BCUT2D eigenvalue weighted by molar-refractivity contribution is 7.98. The van der Waals surface area contributed by atoms with Crippen molar-refractivity contribution in [3.8, 4) is 0 Å². The normalized spacial score (nSPS) is 10.9. The fourth-order valence-electron chi connectivity index (χ4n) is 1.56. The molecule has 80 valence electrons. The average molecular weight is 213 g/mol. The van der Waals surface area contributed by atoms with Crippen LogP contribution in [0.3, 0.4) is 0 Å². The minimum atomic E-state index is 0.914. The third-order valence-electron chi connectivity index (χ3n) is 2.39. The molecule has 0 atom stereocenters. The van der Waals surface area contributed by atoms with Gasteiger partial charge in [-0.3, -0.25) is 4.68 Å². The molecule has 1 aromatic rings. The van der Waals surface area contributed by atoms with Gasteiger partial charge in [0.05, 0.1) is 12.2 Å². The summed E-state index contributed by atoms with van der Waals surface area (Å²) < 4.78 is 2.11. The van der Waals surface area contributed by atoms with E-state index in [1.165, 1.54) is 11.3 Å². The minimum Gasteiger partial charge on any atom is -0.316 e. The Bertz CT molecular complexity index is 294. The molecule has 0 aliphatic carbocycles. The van der Waals surface area contributed by atoms with Gasteiger partial charge in [-0.05, 0) is 27.2 Å². The summed E-state index contributed by atoms with van der Waals surface area (Å²) in [5, 5.41) is 7.71. The third-order valence-corrected chi connectivity index (χ3v) is 2.98. The zero-order valence-electron chi connectivity index (χ0n) is 9.42. The molecule has 1 aromatic heterocycles. The fraction of sp³-hybridized carbons (Fsp3) is 0.700. The Morgan fingerprint density at radius 3 is 2.71 bits per heavy atom. The van der Waals surface area contributed by atoms with Crippen LogP contribution in [-0.4, -0.2) is 28.8 Å². The quantitative estimate of drug-likeness (QED) is 0.805. The lowest BCUT2D eigenvalue weighted by Crippen LogP contribution is -2.08. The summed E-state index contributed by atoms with van der Waals surface area (Å²) in [7, 11) is 1.97. The molecule has 0 radical (unpaired) electrons. The van der Waals surface area contributed by atoms with E-state index in [0.717, 1.165) is 24.5 Å². The van der Waals surface area contributed by atoms with Gasteiger partial charge < -0.3 is 5.32 Å². The predicted octanol–water partition coefficient (Wildman–Crippen LogP) is 1.58. The first-order valence-corrected chi connectivity index (χ1v) is 6.26. The van der Waals surface area contributed by atoms with E-state index < -0.39 is 0 Å². The van der Waals surface area contributed by atoms with Crippen molar-refractivity contribution in [2.75, 3.05) is 19.1 Å². The summed E-state index contributed by atoms with van der Waals surface area (Å²) in [6, 6.07) is 0. The van der Waals surface area contributed by atoms with Gasteiger partial charge in [0, 0.05) is 23.6 Å². The van der Waals surface area contributed by atoms with E-state index in [1.54, 1.807) is 0 Å². The SMILES string of the molecule is CNCc1c(C)nn(CCSC)c1C. The van der Waals surface area contributed by atoms with Gasteiger partial charge in [-0.1, -0.05) is 0 Å². The summed E-state index contributed by atoms with van der Waals surface area (Å²) in [6.07, 6.45) is 2.13. The summed E-state index contributed by atoms with van der Waals surface area (Å²) >= 11 is 1.86. The third kappa shape index (κ3) is 2.51. The van der Waals surface area contributed by atoms with Crippen molar-refractivity contribution in [3.05, 3.63) is 17.0 Å². The van der Waals surface area contributed by atoms with Crippen molar-refractivity contribution < 1.29 is 0 Å². The number of nitrogens with zero attached hydrogens (tertiary/aromatic N) is 2. The minimum absolute atomic E-state index is 0.914. The molecule has 0 amide bonds. The van der Waals surface area contributed by atoms with Gasteiger partial charge in [-0.25, -0.2) is 0 Å². The lowest BCUT2D eigenvalue weighted by atomic mass is 10.2. The number of aryl methyl sites for hydroxylation is 2. The molecular formula is C10H19N3S. The van der Waals surface area contributed by atoms with Crippen molar-refractivity contribution >= 4 is 11.8 Å². The maximum Gasteiger partial charge on any atom is 0.0641 e. The molecule has 0 spiro atoms. The first kappa shape index (κ1) is 11.6. The van der Waals surface area contributed by atoms with E-state index >= 15 is 0 Å². The number of thioether (sulfide) groups is 1. The Labute approximate surface area is 90.3 Å². The Morgan fingerprint density at radius 2 is 2.14 bits per heavy atom. The predicted molar refractivity (Wildman–Crippen MR) is 62.8 cm³/mol. The summed E-state index contributed by atoms with van der Waals surface area (Å²) in [4.78, 5) is 0. The Hall–Kier alpha value is -0.480. The highest BCUT2D eigenvalue weighted by Crippen LogP contribution is 2.12. The second-order valence-corrected chi connectivity index (χ2v) is 4.38. The van der Waals surface area contributed by atoms with Crippen molar-refractivity contribution in [2.45, 2.75) is 26.9 Å². The van der Waals surface area contributed by atoms with Crippen LogP contribution < -0.4 is 5.32 Å². The van der Waals surface area contributed by atoms with E-state index in [-0.39, 0.29) is 0 Å². The molecule has 0 bridgehead atoms. The number of nitrogens with one attached hydrogen (secondary N) is 1. The number of hydrogen-bond acceptors (Lipinski definition) is 3. The highest BCUT2D eigenvalue weighted by Gasteiger charge is 2.09. The van der Waals surface area contributed by atoms with E-state index in [9.17, 15) is 0 Å². The first-order chi connectivity index (χ1) is 6.70. The Morgan fingerprint density at radius 1 is 1.43 bits per heavy atom.